The molecule has 0 aromatic rings. The Bertz CT molecular complexity index is 1090. The predicted molar refractivity (Wildman–Crippen MR) is 275 cm³/mol. The van der Waals surface area contributed by atoms with Crippen LogP contribution in [0.15, 0.2) is 24.3 Å². The molecule has 8 nitrogen and oxygen atoms in total. The minimum Gasteiger partial charge on any atom is -0.756 e. The second kappa shape index (κ2) is 47.1. The molecule has 0 spiro atoms. The second-order valence-corrected chi connectivity index (χ2v) is 21.7. The number of nitrogens with zero attached hydrogens (tertiary/aromatic N) is 1. The van der Waals surface area contributed by atoms with Gasteiger partial charge in [0.05, 0.1) is 39.9 Å². The molecule has 3 unspecified atom stereocenters. The van der Waals surface area contributed by atoms with Crippen LogP contribution in [0, 0.1) is 0 Å². The number of likely N-dealkylation sites (N-methyl/N-ethyl adjacent to an activating group) is 1. The molecule has 0 saturated carbocycles. The summed E-state index contributed by atoms with van der Waals surface area (Å²) in [5.41, 5.74) is 0. The van der Waals surface area contributed by atoms with Crippen LogP contribution in [-0.4, -0.2) is 68.5 Å². The van der Waals surface area contributed by atoms with Crippen molar-refractivity contribution in [1.82, 2.24) is 5.32 Å². The number of unbranched alkanes of at least 4 members (excludes halogenated alkanes) is 36. The van der Waals surface area contributed by atoms with Crippen LogP contribution in [0.4, 0.5) is 0 Å². The zero-order valence-electron chi connectivity index (χ0n) is 43.3. The van der Waals surface area contributed by atoms with Gasteiger partial charge in [0.1, 0.15) is 13.2 Å². The molecule has 1 amide bonds. The van der Waals surface area contributed by atoms with Crippen molar-refractivity contribution in [3.8, 4) is 0 Å². The summed E-state index contributed by atoms with van der Waals surface area (Å²) in [7, 11) is 1.27. The van der Waals surface area contributed by atoms with Crippen LogP contribution in [0.5, 0.6) is 0 Å². The smallest absolute Gasteiger partial charge is 0.268 e. The van der Waals surface area contributed by atoms with Gasteiger partial charge >= 0.3 is 0 Å². The first-order valence-electron chi connectivity index (χ1n) is 27.7. The summed E-state index contributed by atoms with van der Waals surface area (Å²) in [5.74, 6) is -0.194. The van der Waals surface area contributed by atoms with E-state index in [0.717, 1.165) is 38.5 Å². The van der Waals surface area contributed by atoms with Crippen molar-refractivity contribution in [1.29, 1.82) is 0 Å². The van der Waals surface area contributed by atoms with Gasteiger partial charge in [-0.15, -0.1) is 0 Å². The number of aliphatic hydroxyl groups is 1. The number of amides is 1. The van der Waals surface area contributed by atoms with Crippen LogP contribution in [0.3, 0.4) is 0 Å². The number of aliphatic hydroxyl groups excluding tert-OH is 1. The third-order valence-electron chi connectivity index (χ3n) is 12.7. The summed E-state index contributed by atoms with van der Waals surface area (Å²) in [6, 6.07) is -0.882. The molecule has 64 heavy (non-hydrogen) atoms. The van der Waals surface area contributed by atoms with Gasteiger partial charge in [-0.2, -0.15) is 0 Å². The Hall–Kier alpha value is -1.02. The fourth-order valence-electron chi connectivity index (χ4n) is 8.27. The number of carbonyl (C=O) groups excluding carboxylic acids is 1. The third-order valence-corrected chi connectivity index (χ3v) is 13.6. The largest absolute Gasteiger partial charge is 0.756 e. The number of phosphoric ester groups is 1. The van der Waals surface area contributed by atoms with E-state index >= 15 is 0 Å². The van der Waals surface area contributed by atoms with Gasteiger partial charge in [0.25, 0.3) is 7.82 Å². The lowest BCUT2D eigenvalue weighted by molar-refractivity contribution is -0.870. The molecule has 0 fully saturated rings. The van der Waals surface area contributed by atoms with E-state index in [1.54, 1.807) is 6.08 Å². The number of hydrogen-bond donors (Lipinski definition) is 2. The monoisotopic (exact) mass is 925 g/mol. The summed E-state index contributed by atoms with van der Waals surface area (Å²) in [4.78, 5) is 25.4. The fourth-order valence-corrected chi connectivity index (χ4v) is 8.99. The maximum absolute atomic E-state index is 12.9. The Balaban J connectivity index is 4.07. The Kier molecular flexibility index (Phi) is 46.3. The van der Waals surface area contributed by atoms with Gasteiger partial charge in [-0.1, -0.05) is 244 Å². The quantitative estimate of drug-likeness (QED) is 0.0272. The first-order chi connectivity index (χ1) is 31.0. The molecule has 0 aromatic carbocycles. The number of nitrogens with one attached hydrogen (secondary N) is 1. The van der Waals surface area contributed by atoms with Crippen molar-refractivity contribution in [2.24, 2.45) is 0 Å². The standard InChI is InChI=1S/C55H109N2O6P/c1-6-8-10-12-14-16-18-20-21-22-23-24-25-26-27-28-29-30-31-32-33-34-35-37-39-41-43-45-47-49-55(59)56-53(52-63-64(60,61)62-51-50-57(3,4)5)54(58)48-46-44-42-40-38-36-19-17-15-13-11-9-7-2/h22-23,46,48,53-54,58H,6-21,24-45,47,49-52H2,1-5H3,(H-,56,59,60,61)/b23-22-,48-46+. The normalized spacial score (nSPS) is 14.2. The van der Waals surface area contributed by atoms with Gasteiger partial charge in [0, 0.05) is 6.42 Å². The Morgan fingerprint density at radius 3 is 1.22 bits per heavy atom. The number of phosphoric acid groups is 1. The SMILES string of the molecule is CCCCCCCCCC/C=C\CCCCCCCCCCCCCCCCCCCC(=O)NC(COP(=O)([O-])OCC[N+](C)(C)C)C(O)/C=C/CCCCCCCCCCCCC. The molecule has 0 aliphatic rings. The third kappa shape index (κ3) is 48.9. The molecule has 0 bridgehead atoms. The lowest BCUT2D eigenvalue weighted by Crippen LogP contribution is -2.45. The molecule has 0 aliphatic heterocycles. The van der Waals surface area contributed by atoms with Crippen LogP contribution in [-0.2, 0) is 18.4 Å². The molecule has 380 valence electrons. The van der Waals surface area contributed by atoms with E-state index in [4.69, 9.17) is 9.05 Å². The molecule has 0 radical (unpaired) electrons. The minimum absolute atomic E-state index is 0.00114. The molecular formula is C55H109N2O6P. The van der Waals surface area contributed by atoms with Crippen molar-refractivity contribution >= 4 is 13.7 Å². The van der Waals surface area contributed by atoms with Gasteiger partial charge in [-0.05, 0) is 44.9 Å². The first-order valence-corrected chi connectivity index (χ1v) is 29.2. The van der Waals surface area contributed by atoms with Crippen molar-refractivity contribution in [2.75, 3.05) is 40.9 Å². The van der Waals surface area contributed by atoms with E-state index in [0.29, 0.717) is 17.4 Å². The zero-order chi connectivity index (χ0) is 47.1. The number of quaternary nitrogens is 1. The van der Waals surface area contributed by atoms with E-state index in [9.17, 15) is 19.4 Å². The van der Waals surface area contributed by atoms with Crippen molar-refractivity contribution in [2.45, 2.75) is 283 Å². The van der Waals surface area contributed by atoms with Gasteiger partial charge in [-0.25, -0.2) is 0 Å². The Morgan fingerprint density at radius 1 is 0.531 bits per heavy atom. The molecule has 0 heterocycles. The predicted octanol–water partition coefficient (Wildman–Crippen LogP) is 15.8. The highest BCUT2D eigenvalue weighted by Gasteiger charge is 2.23. The lowest BCUT2D eigenvalue weighted by atomic mass is 10.0. The van der Waals surface area contributed by atoms with Crippen LogP contribution < -0.4 is 10.2 Å². The molecule has 0 rings (SSSR count). The molecule has 0 aromatic heterocycles. The lowest BCUT2D eigenvalue weighted by Gasteiger charge is -2.29. The molecule has 0 aliphatic carbocycles. The average molecular weight is 925 g/mol. The Morgan fingerprint density at radius 2 is 0.859 bits per heavy atom. The maximum atomic E-state index is 12.9. The summed E-state index contributed by atoms with van der Waals surface area (Å²) < 4.78 is 23.3. The summed E-state index contributed by atoms with van der Waals surface area (Å²) >= 11 is 0. The van der Waals surface area contributed by atoms with Crippen LogP contribution >= 0.6 is 7.82 Å². The minimum atomic E-state index is -4.59. The molecule has 9 heteroatoms. The average Bonchev–Trinajstić information content (AvgIpc) is 3.25. The van der Waals surface area contributed by atoms with Crippen molar-refractivity contribution in [3.63, 3.8) is 0 Å². The summed E-state index contributed by atoms with van der Waals surface area (Å²) in [6.45, 7) is 4.67. The van der Waals surface area contributed by atoms with E-state index in [1.807, 2.05) is 27.2 Å². The number of rotatable bonds is 51. The van der Waals surface area contributed by atoms with E-state index in [-0.39, 0.29) is 19.1 Å². The molecule has 3 atom stereocenters. The summed E-state index contributed by atoms with van der Waals surface area (Å²) in [5, 5.41) is 13.8. The highest BCUT2D eigenvalue weighted by atomic mass is 31.2. The van der Waals surface area contributed by atoms with Crippen LogP contribution in [0.1, 0.15) is 271 Å². The number of hydrogen-bond acceptors (Lipinski definition) is 6. The first kappa shape index (κ1) is 63.0. The molecule has 2 N–H and O–H groups in total. The van der Waals surface area contributed by atoms with E-state index in [1.165, 1.54) is 212 Å². The van der Waals surface area contributed by atoms with Crippen LogP contribution in [0.25, 0.3) is 0 Å². The van der Waals surface area contributed by atoms with Gasteiger partial charge in [-0.3, -0.25) is 9.36 Å². The van der Waals surface area contributed by atoms with E-state index < -0.39 is 20.0 Å². The van der Waals surface area contributed by atoms with Gasteiger partial charge < -0.3 is 28.8 Å². The molecular weight excluding hydrogens is 816 g/mol. The number of carbonyl (C=O) groups is 1. The topological polar surface area (TPSA) is 108 Å². The highest BCUT2D eigenvalue weighted by molar-refractivity contribution is 7.45. The van der Waals surface area contributed by atoms with Crippen molar-refractivity contribution in [3.05, 3.63) is 24.3 Å². The summed E-state index contributed by atoms with van der Waals surface area (Å²) in [6.07, 6.45) is 58.3. The molecule has 0 saturated heterocycles. The number of allylic oxidation sites excluding steroid dienone is 3. The van der Waals surface area contributed by atoms with Gasteiger partial charge in [0.2, 0.25) is 5.91 Å². The van der Waals surface area contributed by atoms with Gasteiger partial charge in [0.15, 0.2) is 0 Å². The second-order valence-electron chi connectivity index (χ2n) is 20.3. The van der Waals surface area contributed by atoms with Crippen LogP contribution in [0.2, 0.25) is 0 Å². The Labute approximate surface area is 398 Å². The van der Waals surface area contributed by atoms with E-state index in [2.05, 4.69) is 31.3 Å². The zero-order valence-corrected chi connectivity index (χ0v) is 44.1. The highest BCUT2D eigenvalue weighted by Crippen LogP contribution is 2.38. The van der Waals surface area contributed by atoms with Crippen molar-refractivity contribution < 1.29 is 32.9 Å². The fraction of sp³-hybridized carbons (Fsp3) is 0.909. The maximum Gasteiger partial charge on any atom is 0.268 e.